The Kier molecular flexibility index (Phi) is 7.42. The van der Waals surface area contributed by atoms with Gasteiger partial charge in [-0.2, -0.15) is 11.8 Å². The third-order valence-electron chi connectivity index (χ3n) is 3.79. The molecule has 2 rings (SSSR count). The standard InChI is InChI=1S/C13H24N2OS.ClH/c1-2-17-12-8-5-7-10(12)15-13(16)11-6-3-4-9-14-11;/h10-12,14H,2-9H2,1H3,(H,15,16);1H. The molecule has 3 atom stereocenters. The molecule has 106 valence electrons. The zero-order chi connectivity index (χ0) is 12.1. The number of rotatable bonds is 4. The maximum Gasteiger partial charge on any atom is 0.237 e. The van der Waals surface area contributed by atoms with Gasteiger partial charge in [-0.1, -0.05) is 19.8 Å². The SMILES string of the molecule is CCSC1CCCC1NC(=O)C1CCCCN1.Cl. The summed E-state index contributed by atoms with van der Waals surface area (Å²) < 4.78 is 0. The molecule has 2 fully saturated rings. The number of piperidine rings is 1. The molecule has 1 aliphatic heterocycles. The highest BCUT2D eigenvalue weighted by Gasteiger charge is 2.30. The van der Waals surface area contributed by atoms with Crippen molar-refractivity contribution in [2.24, 2.45) is 0 Å². The minimum Gasteiger partial charge on any atom is -0.351 e. The van der Waals surface area contributed by atoms with Crippen LogP contribution in [0.5, 0.6) is 0 Å². The fourth-order valence-electron chi connectivity index (χ4n) is 2.86. The van der Waals surface area contributed by atoms with E-state index in [0.717, 1.165) is 25.1 Å². The summed E-state index contributed by atoms with van der Waals surface area (Å²) in [4.78, 5) is 12.1. The third-order valence-corrected chi connectivity index (χ3v) is 5.11. The average Bonchev–Trinajstić information content (AvgIpc) is 2.78. The summed E-state index contributed by atoms with van der Waals surface area (Å²) in [6.07, 6.45) is 7.09. The van der Waals surface area contributed by atoms with Crippen molar-refractivity contribution in [2.45, 2.75) is 62.8 Å². The van der Waals surface area contributed by atoms with Crippen LogP contribution < -0.4 is 10.6 Å². The lowest BCUT2D eigenvalue weighted by Gasteiger charge is -2.26. The molecular weight excluding hydrogens is 268 g/mol. The van der Waals surface area contributed by atoms with Gasteiger partial charge in [-0.3, -0.25) is 4.79 Å². The topological polar surface area (TPSA) is 41.1 Å². The Bertz CT molecular complexity index is 259. The third kappa shape index (κ3) is 4.32. The van der Waals surface area contributed by atoms with Gasteiger partial charge in [-0.05, 0) is 38.0 Å². The van der Waals surface area contributed by atoms with Crippen LogP contribution in [0.1, 0.15) is 45.4 Å². The molecule has 2 aliphatic rings. The molecule has 1 saturated carbocycles. The molecule has 0 spiro atoms. The van der Waals surface area contributed by atoms with Crippen LogP contribution in [0, 0.1) is 0 Å². The van der Waals surface area contributed by atoms with Gasteiger partial charge in [0.2, 0.25) is 5.91 Å². The maximum absolute atomic E-state index is 12.1. The highest BCUT2D eigenvalue weighted by molar-refractivity contribution is 7.99. The minimum absolute atomic E-state index is 0. The maximum atomic E-state index is 12.1. The number of amides is 1. The van der Waals surface area contributed by atoms with Crippen LogP contribution in [0.4, 0.5) is 0 Å². The highest BCUT2D eigenvalue weighted by Crippen LogP contribution is 2.30. The Morgan fingerprint density at radius 2 is 2.11 bits per heavy atom. The summed E-state index contributed by atoms with van der Waals surface area (Å²) in [7, 11) is 0. The summed E-state index contributed by atoms with van der Waals surface area (Å²) >= 11 is 2.00. The Hall–Kier alpha value is 0.0700. The summed E-state index contributed by atoms with van der Waals surface area (Å²) in [6, 6.07) is 0.479. The Labute approximate surface area is 121 Å². The van der Waals surface area contributed by atoms with Crippen LogP contribution in [-0.4, -0.2) is 35.5 Å². The van der Waals surface area contributed by atoms with Crippen molar-refractivity contribution in [1.29, 1.82) is 0 Å². The van der Waals surface area contributed by atoms with Crippen LogP contribution in [0.15, 0.2) is 0 Å². The quantitative estimate of drug-likeness (QED) is 0.836. The van der Waals surface area contributed by atoms with E-state index in [-0.39, 0.29) is 24.4 Å². The van der Waals surface area contributed by atoms with Crippen molar-refractivity contribution in [3.05, 3.63) is 0 Å². The molecule has 3 unspecified atom stereocenters. The first-order valence-corrected chi connectivity index (χ1v) is 8.01. The second-order valence-electron chi connectivity index (χ2n) is 5.04. The molecule has 0 bridgehead atoms. The first-order valence-electron chi connectivity index (χ1n) is 6.96. The summed E-state index contributed by atoms with van der Waals surface area (Å²) in [6.45, 7) is 3.19. The van der Waals surface area contributed by atoms with Crippen molar-refractivity contribution in [1.82, 2.24) is 10.6 Å². The minimum atomic E-state index is 0. The Balaban J connectivity index is 0.00000162. The number of nitrogens with one attached hydrogen (secondary N) is 2. The summed E-state index contributed by atoms with van der Waals surface area (Å²) in [5.74, 6) is 1.39. The molecule has 0 radical (unpaired) electrons. The van der Waals surface area contributed by atoms with Gasteiger partial charge >= 0.3 is 0 Å². The van der Waals surface area contributed by atoms with Gasteiger partial charge < -0.3 is 10.6 Å². The summed E-state index contributed by atoms with van der Waals surface area (Å²) in [5.41, 5.74) is 0. The van der Waals surface area contributed by atoms with Gasteiger partial charge in [-0.25, -0.2) is 0 Å². The number of hydrogen-bond donors (Lipinski definition) is 2. The predicted molar refractivity (Wildman–Crippen MR) is 80.6 cm³/mol. The fraction of sp³-hybridized carbons (Fsp3) is 0.923. The lowest BCUT2D eigenvalue weighted by atomic mass is 10.0. The van der Waals surface area contributed by atoms with Crippen molar-refractivity contribution in [3.8, 4) is 0 Å². The molecule has 1 saturated heterocycles. The van der Waals surface area contributed by atoms with E-state index in [1.54, 1.807) is 0 Å². The van der Waals surface area contributed by atoms with E-state index < -0.39 is 0 Å². The van der Waals surface area contributed by atoms with E-state index in [9.17, 15) is 4.79 Å². The van der Waals surface area contributed by atoms with Gasteiger partial charge in [0, 0.05) is 11.3 Å². The molecule has 3 nitrogen and oxygen atoms in total. The van der Waals surface area contributed by atoms with Crippen LogP contribution in [-0.2, 0) is 4.79 Å². The molecule has 5 heteroatoms. The zero-order valence-electron chi connectivity index (χ0n) is 11.1. The van der Waals surface area contributed by atoms with Gasteiger partial charge in [0.05, 0.1) is 6.04 Å². The molecule has 1 aliphatic carbocycles. The van der Waals surface area contributed by atoms with Crippen molar-refractivity contribution in [2.75, 3.05) is 12.3 Å². The second-order valence-corrected chi connectivity index (χ2v) is 6.56. The Morgan fingerprint density at radius 3 is 2.78 bits per heavy atom. The molecular formula is C13H25ClN2OS. The lowest BCUT2D eigenvalue weighted by molar-refractivity contribution is -0.124. The number of hydrogen-bond acceptors (Lipinski definition) is 3. The molecule has 0 aromatic carbocycles. The molecule has 0 aromatic heterocycles. The number of thioether (sulfide) groups is 1. The molecule has 18 heavy (non-hydrogen) atoms. The average molecular weight is 293 g/mol. The van der Waals surface area contributed by atoms with Crippen molar-refractivity contribution >= 4 is 30.1 Å². The van der Waals surface area contributed by atoms with Gasteiger partial charge in [0.15, 0.2) is 0 Å². The smallest absolute Gasteiger partial charge is 0.237 e. The fourth-order valence-corrected chi connectivity index (χ4v) is 4.06. The number of carbonyl (C=O) groups excluding carboxylic acids is 1. The van der Waals surface area contributed by atoms with Crippen molar-refractivity contribution < 1.29 is 4.79 Å². The van der Waals surface area contributed by atoms with Crippen LogP contribution in [0.3, 0.4) is 0 Å². The van der Waals surface area contributed by atoms with Crippen molar-refractivity contribution in [3.63, 3.8) is 0 Å². The van der Waals surface area contributed by atoms with E-state index in [1.165, 1.54) is 25.7 Å². The largest absolute Gasteiger partial charge is 0.351 e. The van der Waals surface area contributed by atoms with E-state index in [4.69, 9.17) is 0 Å². The monoisotopic (exact) mass is 292 g/mol. The number of carbonyl (C=O) groups is 1. The van der Waals surface area contributed by atoms with Crippen LogP contribution in [0.25, 0.3) is 0 Å². The van der Waals surface area contributed by atoms with E-state index >= 15 is 0 Å². The Morgan fingerprint density at radius 1 is 1.28 bits per heavy atom. The van der Waals surface area contributed by atoms with E-state index in [2.05, 4.69) is 17.6 Å². The molecule has 1 heterocycles. The first-order chi connectivity index (χ1) is 8.31. The predicted octanol–water partition coefficient (Wildman–Crippen LogP) is 2.34. The van der Waals surface area contributed by atoms with Gasteiger partial charge in [0.1, 0.15) is 0 Å². The van der Waals surface area contributed by atoms with Gasteiger partial charge in [-0.15, -0.1) is 12.4 Å². The van der Waals surface area contributed by atoms with Crippen LogP contribution >= 0.6 is 24.2 Å². The van der Waals surface area contributed by atoms with Gasteiger partial charge in [0.25, 0.3) is 0 Å². The second kappa shape index (κ2) is 8.28. The van der Waals surface area contributed by atoms with Crippen LogP contribution in [0.2, 0.25) is 0 Å². The summed E-state index contributed by atoms with van der Waals surface area (Å²) in [5, 5.41) is 7.23. The highest BCUT2D eigenvalue weighted by atomic mass is 35.5. The number of halogens is 1. The molecule has 1 amide bonds. The van der Waals surface area contributed by atoms with E-state index in [1.807, 2.05) is 11.8 Å². The normalized spacial score (nSPS) is 31.7. The lowest BCUT2D eigenvalue weighted by Crippen LogP contribution is -2.50. The molecule has 2 N–H and O–H groups in total. The zero-order valence-corrected chi connectivity index (χ0v) is 12.7. The molecule has 0 aromatic rings. The van der Waals surface area contributed by atoms with E-state index in [0.29, 0.717) is 11.3 Å². The first kappa shape index (κ1) is 16.1.